The van der Waals surface area contributed by atoms with E-state index in [-0.39, 0.29) is 0 Å². The molecule has 0 N–H and O–H groups in total. The lowest BCUT2D eigenvalue weighted by Gasteiger charge is -2.17. The Kier molecular flexibility index (Phi) is 6.82. The van der Waals surface area contributed by atoms with E-state index in [0.29, 0.717) is 17.5 Å². The molecule has 0 aliphatic heterocycles. The van der Waals surface area contributed by atoms with E-state index in [4.69, 9.17) is 19.9 Å². The van der Waals surface area contributed by atoms with E-state index < -0.39 is 0 Å². The van der Waals surface area contributed by atoms with Gasteiger partial charge in [0.25, 0.3) is 0 Å². The van der Waals surface area contributed by atoms with Crippen LogP contribution in [0.4, 0.5) is 0 Å². The Labute approximate surface area is 311 Å². The molecule has 2 aromatic heterocycles. The molecule has 0 saturated heterocycles. The Bertz CT molecular complexity index is 3180. The molecule has 250 valence electrons. The molecule has 0 amide bonds. The van der Waals surface area contributed by atoms with Crippen molar-refractivity contribution in [3.05, 3.63) is 182 Å². The van der Waals surface area contributed by atoms with Crippen molar-refractivity contribution in [2.75, 3.05) is 0 Å². The SMILES string of the molecule is c1ccc(-c2nc3ccccc3c3c4ccccc4c4cc(-c5nc(-c6ccc7ccccc7c6)nc(-c6ccc7ccccc7c6)n5)ccc4c23)cc1. The molecule has 9 aromatic carbocycles. The first-order valence-corrected chi connectivity index (χ1v) is 18.2. The van der Waals surface area contributed by atoms with Gasteiger partial charge in [0.15, 0.2) is 17.5 Å². The van der Waals surface area contributed by atoms with Crippen LogP contribution in [-0.4, -0.2) is 19.9 Å². The molecule has 0 unspecified atom stereocenters. The molecule has 2 heterocycles. The van der Waals surface area contributed by atoms with Gasteiger partial charge in [-0.3, -0.25) is 0 Å². The summed E-state index contributed by atoms with van der Waals surface area (Å²) in [5.41, 5.74) is 5.87. The first-order chi connectivity index (χ1) is 26.7. The molecule has 0 aliphatic carbocycles. The van der Waals surface area contributed by atoms with Gasteiger partial charge < -0.3 is 0 Å². The Morgan fingerprint density at radius 2 is 0.741 bits per heavy atom. The molecule has 11 rings (SSSR count). The van der Waals surface area contributed by atoms with Crippen molar-refractivity contribution < 1.29 is 0 Å². The summed E-state index contributed by atoms with van der Waals surface area (Å²) >= 11 is 0. The van der Waals surface area contributed by atoms with Crippen LogP contribution in [-0.2, 0) is 0 Å². The van der Waals surface area contributed by atoms with Crippen molar-refractivity contribution in [1.82, 2.24) is 19.9 Å². The van der Waals surface area contributed by atoms with Gasteiger partial charge in [-0.15, -0.1) is 0 Å². The number of hydrogen-bond donors (Lipinski definition) is 0. The Hall–Kier alpha value is -7.30. The van der Waals surface area contributed by atoms with Gasteiger partial charge in [0.2, 0.25) is 0 Å². The second-order valence-electron chi connectivity index (χ2n) is 13.8. The van der Waals surface area contributed by atoms with Crippen molar-refractivity contribution >= 4 is 64.8 Å². The lowest BCUT2D eigenvalue weighted by Crippen LogP contribution is -2.00. The number of aromatic nitrogens is 4. The first-order valence-electron chi connectivity index (χ1n) is 18.2. The number of hydrogen-bond acceptors (Lipinski definition) is 4. The van der Waals surface area contributed by atoms with E-state index in [1.807, 2.05) is 0 Å². The molecule has 0 fully saturated rings. The van der Waals surface area contributed by atoms with Gasteiger partial charge in [0.05, 0.1) is 11.2 Å². The van der Waals surface area contributed by atoms with Crippen molar-refractivity contribution in [1.29, 1.82) is 0 Å². The highest BCUT2D eigenvalue weighted by molar-refractivity contribution is 6.33. The van der Waals surface area contributed by atoms with Crippen LogP contribution in [0.15, 0.2) is 182 Å². The predicted molar refractivity (Wildman–Crippen MR) is 224 cm³/mol. The number of para-hydroxylation sites is 1. The Balaban J connectivity index is 1.19. The molecule has 4 heteroatoms. The van der Waals surface area contributed by atoms with E-state index in [9.17, 15) is 0 Å². The lowest BCUT2D eigenvalue weighted by molar-refractivity contribution is 1.08. The fourth-order valence-electron chi connectivity index (χ4n) is 8.04. The highest BCUT2D eigenvalue weighted by atomic mass is 15.0. The quantitative estimate of drug-likeness (QED) is 0.173. The molecule has 0 atom stereocenters. The molecule has 0 spiro atoms. The number of nitrogens with zero attached hydrogens (tertiary/aromatic N) is 4. The third-order valence-electron chi connectivity index (χ3n) is 10.6. The molecule has 0 radical (unpaired) electrons. The summed E-state index contributed by atoms with van der Waals surface area (Å²) in [7, 11) is 0. The zero-order valence-electron chi connectivity index (χ0n) is 29.1. The van der Waals surface area contributed by atoms with Crippen molar-refractivity contribution in [3.8, 4) is 45.4 Å². The highest BCUT2D eigenvalue weighted by Gasteiger charge is 2.19. The topological polar surface area (TPSA) is 51.6 Å². The van der Waals surface area contributed by atoms with E-state index in [0.717, 1.165) is 65.8 Å². The van der Waals surface area contributed by atoms with Gasteiger partial charge in [0.1, 0.15) is 0 Å². The largest absolute Gasteiger partial charge is 0.247 e. The number of rotatable bonds is 4. The molecule has 11 aromatic rings. The van der Waals surface area contributed by atoms with E-state index >= 15 is 0 Å². The minimum absolute atomic E-state index is 0.627. The lowest BCUT2D eigenvalue weighted by atomic mass is 9.89. The van der Waals surface area contributed by atoms with E-state index in [2.05, 4.69) is 182 Å². The zero-order chi connectivity index (χ0) is 35.6. The van der Waals surface area contributed by atoms with Crippen molar-refractivity contribution in [2.45, 2.75) is 0 Å². The average molecular weight is 687 g/mol. The average Bonchev–Trinajstić information content (AvgIpc) is 3.25. The van der Waals surface area contributed by atoms with Gasteiger partial charge in [0, 0.05) is 38.4 Å². The molecule has 0 aliphatic rings. The summed E-state index contributed by atoms with van der Waals surface area (Å²) in [5, 5.41) is 12.8. The fraction of sp³-hybridized carbons (Fsp3) is 0. The molecular formula is C50H30N4. The highest BCUT2D eigenvalue weighted by Crippen LogP contribution is 2.43. The monoisotopic (exact) mass is 686 g/mol. The van der Waals surface area contributed by atoms with Crippen molar-refractivity contribution in [3.63, 3.8) is 0 Å². The van der Waals surface area contributed by atoms with Gasteiger partial charge in [-0.25, -0.2) is 19.9 Å². The summed E-state index contributed by atoms with van der Waals surface area (Å²) in [4.78, 5) is 20.8. The number of pyridine rings is 1. The van der Waals surface area contributed by atoms with E-state index in [1.165, 1.54) is 26.9 Å². The first kappa shape index (κ1) is 30.3. The fourth-order valence-corrected chi connectivity index (χ4v) is 8.04. The third kappa shape index (κ3) is 4.92. The predicted octanol–water partition coefficient (Wildman–Crippen LogP) is 12.9. The minimum Gasteiger partial charge on any atom is -0.247 e. The van der Waals surface area contributed by atoms with Crippen LogP contribution in [0.25, 0.3) is 110 Å². The summed E-state index contributed by atoms with van der Waals surface area (Å²) in [6, 6.07) is 64.0. The standard InChI is InChI=1S/C50H30N4/c1-2-14-33(15-3-1)47-46-41-27-26-38(30-43(41)39-18-8-9-19-40(39)45(46)42-20-10-11-21-44(42)51-47)50-53-48(36-24-22-31-12-4-6-16-34(31)28-36)52-49(54-50)37-25-23-32-13-5-7-17-35(32)29-37/h1-30H. The summed E-state index contributed by atoms with van der Waals surface area (Å²) in [6.45, 7) is 0. The molecule has 4 nitrogen and oxygen atoms in total. The maximum absolute atomic E-state index is 5.31. The van der Waals surface area contributed by atoms with Crippen molar-refractivity contribution in [2.24, 2.45) is 0 Å². The summed E-state index contributed by atoms with van der Waals surface area (Å²) in [5.74, 6) is 1.90. The van der Waals surface area contributed by atoms with Gasteiger partial charge in [-0.05, 0) is 67.4 Å². The van der Waals surface area contributed by atoms with Gasteiger partial charge in [-0.2, -0.15) is 0 Å². The van der Waals surface area contributed by atoms with Gasteiger partial charge in [-0.1, -0.05) is 158 Å². The smallest absolute Gasteiger partial charge is 0.164 e. The van der Waals surface area contributed by atoms with Gasteiger partial charge >= 0.3 is 0 Å². The molecule has 0 saturated carbocycles. The Morgan fingerprint density at radius 3 is 1.39 bits per heavy atom. The summed E-state index contributed by atoms with van der Waals surface area (Å²) < 4.78 is 0. The number of benzene rings is 9. The van der Waals surface area contributed by atoms with Crippen LogP contribution in [0.5, 0.6) is 0 Å². The van der Waals surface area contributed by atoms with Crippen LogP contribution in [0.1, 0.15) is 0 Å². The summed E-state index contributed by atoms with van der Waals surface area (Å²) in [6.07, 6.45) is 0. The normalized spacial score (nSPS) is 11.7. The molecular weight excluding hydrogens is 657 g/mol. The zero-order valence-corrected chi connectivity index (χ0v) is 29.1. The molecule has 54 heavy (non-hydrogen) atoms. The van der Waals surface area contributed by atoms with Crippen LogP contribution >= 0.6 is 0 Å². The van der Waals surface area contributed by atoms with Crippen LogP contribution in [0.3, 0.4) is 0 Å². The molecule has 0 bridgehead atoms. The van der Waals surface area contributed by atoms with E-state index in [1.54, 1.807) is 0 Å². The minimum atomic E-state index is 0.627. The van der Waals surface area contributed by atoms with Crippen LogP contribution in [0, 0.1) is 0 Å². The second-order valence-corrected chi connectivity index (χ2v) is 13.8. The number of fused-ring (bicyclic) bond motifs is 10. The Morgan fingerprint density at radius 1 is 0.259 bits per heavy atom. The van der Waals surface area contributed by atoms with Crippen LogP contribution in [0.2, 0.25) is 0 Å². The third-order valence-corrected chi connectivity index (χ3v) is 10.6. The van der Waals surface area contributed by atoms with Crippen LogP contribution < -0.4 is 0 Å². The maximum Gasteiger partial charge on any atom is 0.164 e. The maximum atomic E-state index is 5.31. The second kappa shape index (κ2) is 12.1.